The van der Waals surface area contributed by atoms with Crippen LogP contribution in [0.4, 0.5) is 0 Å². The minimum atomic E-state index is 0.00213. The van der Waals surface area contributed by atoms with Crippen molar-refractivity contribution < 1.29 is 0 Å². The Bertz CT molecular complexity index is 2520. The van der Waals surface area contributed by atoms with Crippen LogP contribution < -0.4 is 0 Å². The van der Waals surface area contributed by atoms with Crippen molar-refractivity contribution >= 4 is 0 Å². The van der Waals surface area contributed by atoms with Gasteiger partial charge in [-0.2, -0.15) is 0 Å². The molecule has 4 bridgehead atoms. The van der Waals surface area contributed by atoms with E-state index < -0.39 is 0 Å². The zero-order chi connectivity index (χ0) is 38.2. The lowest BCUT2D eigenvalue weighted by atomic mass is 9.43. The summed E-state index contributed by atoms with van der Waals surface area (Å²) in [5.41, 5.74) is 11.4. The van der Waals surface area contributed by atoms with Gasteiger partial charge in [-0.3, -0.25) is 0 Å². The number of hydrogen-bond donors (Lipinski definition) is 0. The summed E-state index contributed by atoms with van der Waals surface area (Å²) in [7, 11) is 0. The number of fused-ring (bicyclic) bond motifs is 3. The molecule has 8 aromatic rings. The first-order valence-electron chi connectivity index (χ1n) is 20.7. The molecule has 13 rings (SSSR count). The van der Waals surface area contributed by atoms with Gasteiger partial charge in [0.1, 0.15) is 0 Å². The first-order valence-corrected chi connectivity index (χ1v) is 20.7. The summed E-state index contributed by atoms with van der Waals surface area (Å²) in [5, 5.41) is 0. The lowest BCUT2D eigenvalue weighted by molar-refractivity contribution is -0.0399. The zero-order valence-electron chi connectivity index (χ0n) is 32.0. The van der Waals surface area contributed by atoms with Gasteiger partial charge in [0, 0.05) is 38.8 Å². The Morgan fingerprint density at radius 1 is 0.310 bits per heavy atom. The summed E-state index contributed by atoms with van der Waals surface area (Å²) in [6.07, 6.45) is 6.69. The lowest BCUT2D eigenvalue weighted by Gasteiger charge is -2.61. The van der Waals surface area contributed by atoms with E-state index in [4.69, 9.17) is 29.9 Å². The van der Waals surface area contributed by atoms with Crippen molar-refractivity contribution in [1.82, 2.24) is 29.9 Å². The monoisotopic (exact) mass is 748 g/mol. The average Bonchev–Trinajstić information content (AvgIpc) is 3.58. The molecular formula is C52H40N6. The highest BCUT2D eigenvalue weighted by atomic mass is 15.0. The van der Waals surface area contributed by atoms with Crippen LogP contribution in [0.25, 0.3) is 79.5 Å². The molecule has 0 saturated heterocycles. The topological polar surface area (TPSA) is 77.3 Å². The van der Waals surface area contributed by atoms with Crippen LogP contribution in [0.3, 0.4) is 0 Å². The fraction of sp³-hybridized carbons (Fsp3) is 0.192. The van der Waals surface area contributed by atoms with Gasteiger partial charge in [0.2, 0.25) is 0 Å². The second-order valence-electron chi connectivity index (χ2n) is 16.8. The van der Waals surface area contributed by atoms with Gasteiger partial charge in [0.15, 0.2) is 34.9 Å². The second kappa shape index (κ2) is 13.2. The number of aromatic nitrogens is 6. The summed E-state index contributed by atoms with van der Waals surface area (Å²) in [6.45, 7) is 0. The molecule has 0 radical (unpaired) electrons. The summed E-state index contributed by atoms with van der Waals surface area (Å²) in [5.74, 6) is 7.02. The molecule has 5 aliphatic carbocycles. The van der Waals surface area contributed by atoms with Gasteiger partial charge in [0.25, 0.3) is 0 Å². The summed E-state index contributed by atoms with van der Waals surface area (Å²) >= 11 is 0. The van der Waals surface area contributed by atoms with E-state index in [9.17, 15) is 0 Å². The van der Waals surface area contributed by atoms with E-state index in [1.807, 2.05) is 72.8 Å². The molecule has 2 heterocycles. The van der Waals surface area contributed by atoms with E-state index in [1.54, 1.807) is 0 Å². The molecule has 0 atom stereocenters. The van der Waals surface area contributed by atoms with Crippen molar-refractivity contribution in [2.24, 2.45) is 23.7 Å². The second-order valence-corrected chi connectivity index (χ2v) is 16.8. The van der Waals surface area contributed by atoms with Crippen LogP contribution in [0.15, 0.2) is 158 Å². The molecule has 5 aliphatic rings. The lowest BCUT2D eigenvalue weighted by Crippen LogP contribution is -2.55. The molecule has 0 N–H and O–H groups in total. The minimum absolute atomic E-state index is 0.00213. The van der Waals surface area contributed by atoms with Crippen molar-refractivity contribution in [3.8, 4) is 79.5 Å². The molecule has 278 valence electrons. The van der Waals surface area contributed by atoms with Crippen LogP contribution in [0.5, 0.6) is 0 Å². The maximum atomic E-state index is 5.15. The molecular weight excluding hydrogens is 709 g/mol. The molecule has 1 spiro atoms. The van der Waals surface area contributed by atoms with E-state index in [0.29, 0.717) is 46.8 Å². The van der Waals surface area contributed by atoms with Crippen LogP contribution in [0, 0.1) is 23.7 Å². The highest BCUT2D eigenvalue weighted by molar-refractivity contribution is 5.87. The number of hydrogen-bond acceptors (Lipinski definition) is 6. The molecule has 0 unspecified atom stereocenters. The van der Waals surface area contributed by atoms with Gasteiger partial charge in [-0.25, -0.2) is 29.9 Å². The van der Waals surface area contributed by atoms with E-state index in [-0.39, 0.29) is 5.41 Å². The third kappa shape index (κ3) is 5.31. The number of benzene rings is 6. The van der Waals surface area contributed by atoms with Crippen molar-refractivity contribution in [1.29, 1.82) is 0 Å². The maximum Gasteiger partial charge on any atom is 0.164 e. The first-order chi connectivity index (χ1) is 28.7. The Labute approximate surface area is 338 Å². The summed E-state index contributed by atoms with van der Waals surface area (Å²) in [6, 6.07) is 55.1. The molecule has 0 aliphatic heterocycles. The minimum Gasteiger partial charge on any atom is -0.208 e. The van der Waals surface area contributed by atoms with E-state index in [0.717, 1.165) is 45.2 Å². The highest BCUT2D eigenvalue weighted by Gasteiger charge is 2.61. The zero-order valence-corrected chi connectivity index (χ0v) is 32.0. The Kier molecular flexibility index (Phi) is 7.62. The van der Waals surface area contributed by atoms with Crippen LogP contribution in [0.1, 0.15) is 43.2 Å². The normalized spacial score (nSPS) is 20.6. The van der Waals surface area contributed by atoms with Crippen molar-refractivity contribution in [3.63, 3.8) is 0 Å². The van der Waals surface area contributed by atoms with Crippen molar-refractivity contribution in [2.75, 3.05) is 0 Å². The van der Waals surface area contributed by atoms with E-state index in [1.165, 1.54) is 54.4 Å². The Morgan fingerprint density at radius 2 is 0.603 bits per heavy atom. The third-order valence-electron chi connectivity index (χ3n) is 13.6. The number of rotatable bonds is 6. The fourth-order valence-electron chi connectivity index (χ4n) is 11.4. The van der Waals surface area contributed by atoms with Crippen molar-refractivity contribution in [2.45, 2.75) is 37.5 Å². The smallest absolute Gasteiger partial charge is 0.164 e. The third-order valence-corrected chi connectivity index (χ3v) is 13.6. The Balaban J connectivity index is 1.06. The Hall–Kier alpha value is -6.66. The number of nitrogens with zero attached hydrogens (tertiary/aromatic N) is 6. The molecule has 6 aromatic carbocycles. The van der Waals surface area contributed by atoms with Crippen molar-refractivity contribution in [3.05, 3.63) is 169 Å². The van der Waals surface area contributed by atoms with Gasteiger partial charge in [-0.1, -0.05) is 146 Å². The average molecular weight is 749 g/mol. The molecule has 6 nitrogen and oxygen atoms in total. The largest absolute Gasteiger partial charge is 0.208 e. The predicted octanol–water partition coefficient (Wildman–Crippen LogP) is 11.8. The van der Waals surface area contributed by atoms with Gasteiger partial charge in [-0.15, -0.1) is 0 Å². The molecule has 2 aromatic heterocycles. The first kappa shape index (κ1) is 33.5. The van der Waals surface area contributed by atoms with Gasteiger partial charge >= 0.3 is 0 Å². The predicted molar refractivity (Wildman–Crippen MR) is 229 cm³/mol. The van der Waals surface area contributed by atoms with Gasteiger partial charge < -0.3 is 0 Å². The molecule has 4 saturated carbocycles. The van der Waals surface area contributed by atoms with Crippen LogP contribution in [-0.2, 0) is 5.41 Å². The maximum absolute atomic E-state index is 5.15. The fourth-order valence-corrected chi connectivity index (χ4v) is 11.4. The molecule has 58 heavy (non-hydrogen) atoms. The standard InChI is InChI=1S/C52H40N6/c1-5-13-34(14-6-1)46-53-47(35-15-7-2-8-16-35)56-50(55-46)38-21-23-44-42(30-38)43-31-39(22-24-45(43)52(44)40-26-32-25-33(28-40)29-41(52)27-32)51-57-48(36-17-9-3-10-18-36)54-49(58-51)37-19-11-4-12-20-37/h1-24,30-33,40-41H,25-29H2. The van der Waals surface area contributed by atoms with Crippen LogP contribution >= 0.6 is 0 Å². The van der Waals surface area contributed by atoms with E-state index >= 15 is 0 Å². The van der Waals surface area contributed by atoms with Gasteiger partial charge in [-0.05, 0) is 90.2 Å². The Morgan fingerprint density at radius 3 is 0.914 bits per heavy atom. The highest BCUT2D eigenvalue weighted by Crippen LogP contribution is 2.69. The van der Waals surface area contributed by atoms with Crippen LogP contribution in [0.2, 0.25) is 0 Å². The van der Waals surface area contributed by atoms with Gasteiger partial charge in [0.05, 0.1) is 0 Å². The molecule has 6 heteroatoms. The molecule has 0 amide bonds. The van der Waals surface area contributed by atoms with Crippen LogP contribution in [-0.4, -0.2) is 29.9 Å². The SMILES string of the molecule is c1ccc(-c2nc(-c3ccccc3)nc(-c3ccc4c(c3)-c3cc(-c5nc(-c6ccccc6)nc(-c6ccccc6)n5)ccc3C43C4CC5CC(C4)CC3C5)n2)cc1. The molecule has 4 fully saturated rings. The quantitative estimate of drug-likeness (QED) is 0.168. The van der Waals surface area contributed by atoms with E-state index in [2.05, 4.69) is 84.9 Å². The summed E-state index contributed by atoms with van der Waals surface area (Å²) < 4.78 is 0. The summed E-state index contributed by atoms with van der Waals surface area (Å²) in [4.78, 5) is 30.6.